The van der Waals surface area contributed by atoms with Crippen LogP contribution in [0.5, 0.6) is 0 Å². The molecule has 6 heteroatoms. The maximum atomic E-state index is 12.4. The van der Waals surface area contributed by atoms with Crippen LogP contribution in [0.4, 0.5) is 4.79 Å². The van der Waals surface area contributed by atoms with E-state index in [0.29, 0.717) is 13.1 Å². The number of hydrogen-bond donors (Lipinski definition) is 2. The van der Waals surface area contributed by atoms with Crippen LogP contribution in [0.1, 0.15) is 33.6 Å². The van der Waals surface area contributed by atoms with E-state index in [2.05, 4.69) is 31.1 Å². The minimum absolute atomic E-state index is 0.0614. The molecule has 1 heterocycles. The summed E-state index contributed by atoms with van der Waals surface area (Å²) < 4.78 is 0. The Hall–Kier alpha value is -1.30. The molecule has 2 amide bonds. The minimum atomic E-state index is -1.13. The van der Waals surface area contributed by atoms with E-state index in [1.54, 1.807) is 11.8 Å². The second-order valence-electron chi connectivity index (χ2n) is 6.48. The number of hydrogen-bond acceptors (Lipinski definition) is 3. The lowest BCUT2D eigenvalue weighted by Crippen LogP contribution is -2.63. The lowest BCUT2D eigenvalue weighted by molar-refractivity contribution is -0.144. The van der Waals surface area contributed by atoms with E-state index >= 15 is 0 Å². The average molecular weight is 283 g/mol. The summed E-state index contributed by atoms with van der Waals surface area (Å²) in [6.45, 7) is 7.04. The Bertz CT molecular complexity index is 398. The molecule has 0 spiro atoms. The van der Waals surface area contributed by atoms with Gasteiger partial charge in [0.2, 0.25) is 0 Å². The minimum Gasteiger partial charge on any atom is -0.480 e. The molecule has 1 aliphatic heterocycles. The van der Waals surface area contributed by atoms with E-state index in [1.807, 2.05) is 0 Å². The molecule has 0 bridgehead atoms. The molecule has 0 aromatic rings. The van der Waals surface area contributed by atoms with Crippen molar-refractivity contribution in [1.29, 1.82) is 0 Å². The van der Waals surface area contributed by atoms with Crippen LogP contribution in [0.15, 0.2) is 0 Å². The number of urea groups is 1. The number of carbonyl (C=O) groups is 2. The van der Waals surface area contributed by atoms with Gasteiger partial charge >= 0.3 is 12.0 Å². The van der Waals surface area contributed by atoms with Crippen molar-refractivity contribution in [3.63, 3.8) is 0 Å². The number of carboxylic acid groups (broad SMARTS) is 1. The van der Waals surface area contributed by atoms with Crippen molar-refractivity contribution >= 4 is 12.0 Å². The smallest absolute Gasteiger partial charge is 0.329 e. The highest BCUT2D eigenvalue weighted by Crippen LogP contribution is 2.39. The van der Waals surface area contributed by atoms with E-state index < -0.39 is 11.5 Å². The standard InChI is InChI=1S/C14H25N3O3/c1-9-7-17(8-10(2)16(9)4)13(20)15-14(3,12(18)19)11-5-6-11/h9-11H,5-8H2,1-4H3,(H,15,20)(H,18,19). The molecule has 2 fully saturated rings. The van der Waals surface area contributed by atoms with Gasteiger partial charge in [0.1, 0.15) is 5.54 Å². The number of carboxylic acids is 1. The number of rotatable bonds is 3. The highest BCUT2D eigenvalue weighted by atomic mass is 16.4. The average Bonchev–Trinajstić information content (AvgIpc) is 3.19. The van der Waals surface area contributed by atoms with E-state index in [0.717, 1.165) is 12.8 Å². The SMILES string of the molecule is CC1CN(C(=O)NC(C)(C(=O)O)C2CC2)CC(C)N1C. The molecule has 114 valence electrons. The Labute approximate surface area is 120 Å². The molecule has 1 saturated heterocycles. The van der Waals surface area contributed by atoms with Crippen LogP contribution in [0, 0.1) is 5.92 Å². The van der Waals surface area contributed by atoms with Gasteiger partial charge in [-0.05, 0) is 46.6 Å². The van der Waals surface area contributed by atoms with Crippen molar-refractivity contribution in [1.82, 2.24) is 15.1 Å². The summed E-state index contributed by atoms with van der Waals surface area (Å²) in [7, 11) is 2.05. The maximum absolute atomic E-state index is 12.4. The fourth-order valence-corrected chi connectivity index (χ4v) is 2.86. The van der Waals surface area contributed by atoms with Crippen molar-refractivity contribution in [3.05, 3.63) is 0 Å². The Morgan fingerprint density at radius 2 is 1.70 bits per heavy atom. The van der Waals surface area contributed by atoms with E-state index in [9.17, 15) is 14.7 Å². The van der Waals surface area contributed by atoms with Crippen LogP contribution in [0.25, 0.3) is 0 Å². The highest BCUT2D eigenvalue weighted by molar-refractivity contribution is 5.86. The summed E-state index contributed by atoms with van der Waals surface area (Å²) >= 11 is 0. The zero-order valence-electron chi connectivity index (χ0n) is 12.7. The molecule has 0 aromatic heterocycles. The quantitative estimate of drug-likeness (QED) is 0.809. The first-order valence-electron chi connectivity index (χ1n) is 7.28. The van der Waals surface area contributed by atoms with Crippen LogP contribution in [0.2, 0.25) is 0 Å². The van der Waals surface area contributed by atoms with Gasteiger partial charge in [0.05, 0.1) is 0 Å². The third-order valence-corrected chi connectivity index (χ3v) is 4.85. The van der Waals surface area contributed by atoms with Gasteiger partial charge in [-0.25, -0.2) is 9.59 Å². The number of piperazine rings is 1. The van der Waals surface area contributed by atoms with Gasteiger partial charge in [-0.1, -0.05) is 0 Å². The summed E-state index contributed by atoms with van der Waals surface area (Å²) in [5, 5.41) is 12.1. The summed E-state index contributed by atoms with van der Waals surface area (Å²) in [5.74, 6) is -0.880. The largest absolute Gasteiger partial charge is 0.480 e. The normalized spacial score (nSPS) is 30.7. The molecular weight excluding hydrogens is 258 g/mol. The molecule has 0 radical (unpaired) electrons. The van der Waals surface area contributed by atoms with Crippen molar-refractivity contribution < 1.29 is 14.7 Å². The molecule has 3 unspecified atom stereocenters. The van der Waals surface area contributed by atoms with Crippen LogP contribution in [-0.4, -0.2) is 64.7 Å². The van der Waals surface area contributed by atoms with Crippen LogP contribution < -0.4 is 5.32 Å². The lowest BCUT2D eigenvalue weighted by Gasteiger charge is -2.43. The molecule has 0 aromatic carbocycles. The molecule has 6 nitrogen and oxygen atoms in total. The van der Waals surface area contributed by atoms with Crippen LogP contribution >= 0.6 is 0 Å². The number of nitrogens with zero attached hydrogens (tertiary/aromatic N) is 2. The monoisotopic (exact) mass is 283 g/mol. The van der Waals surface area contributed by atoms with E-state index in [-0.39, 0.29) is 24.0 Å². The van der Waals surface area contributed by atoms with Crippen LogP contribution in [-0.2, 0) is 4.79 Å². The van der Waals surface area contributed by atoms with Gasteiger partial charge in [0.15, 0.2) is 0 Å². The van der Waals surface area contributed by atoms with Crippen molar-refractivity contribution in [2.75, 3.05) is 20.1 Å². The number of likely N-dealkylation sites (N-methyl/N-ethyl adjacent to an activating group) is 1. The molecule has 2 N–H and O–H groups in total. The first-order valence-corrected chi connectivity index (χ1v) is 7.28. The topological polar surface area (TPSA) is 72.9 Å². The maximum Gasteiger partial charge on any atom is 0.329 e. The number of aliphatic carboxylic acids is 1. The summed E-state index contributed by atoms with van der Waals surface area (Å²) in [5.41, 5.74) is -1.13. The Morgan fingerprint density at radius 1 is 1.20 bits per heavy atom. The van der Waals surface area contributed by atoms with Gasteiger partial charge in [-0.3, -0.25) is 4.90 Å². The van der Waals surface area contributed by atoms with E-state index in [1.165, 1.54) is 0 Å². The Morgan fingerprint density at radius 3 is 2.10 bits per heavy atom. The highest BCUT2D eigenvalue weighted by Gasteiger charge is 2.49. The van der Waals surface area contributed by atoms with Crippen molar-refractivity contribution in [2.45, 2.75) is 51.2 Å². The van der Waals surface area contributed by atoms with Gasteiger partial charge in [0.25, 0.3) is 0 Å². The first kappa shape index (κ1) is 15.1. The van der Waals surface area contributed by atoms with Crippen molar-refractivity contribution in [2.24, 2.45) is 5.92 Å². The molecule has 20 heavy (non-hydrogen) atoms. The molecular formula is C14H25N3O3. The number of amides is 2. The summed E-state index contributed by atoms with van der Waals surface area (Å²) in [6.07, 6.45) is 1.75. The zero-order valence-corrected chi connectivity index (χ0v) is 12.7. The first-order chi connectivity index (χ1) is 9.25. The van der Waals surface area contributed by atoms with Gasteiger partial charge < -0.3 is 15.3 Å². The van der Waals surface area contributed by atoms with Crippen LogP contribution in [0.3, 0.4) is 0 Å². The zero-order chi connectivity index (χ0) is 15.1. The van der Waals surface area contributed by atoms with Gasteiger partial charge in [0, 0.05) is 25.2 Å². The summed E-state index contributed by atoms with van der Waals surface area (Å²) in [4.78, 5) is 27.8. The number of nitrogens with one attached hydrogen (secondary N) is 1. The predicted octanol–water partition coefficient (Wildman–Crippen LogP) is 0.974. The molecule has 2 rings (SSSR count). The van der Waals surface area contributed by atoms with Crippen molar-refractivity contribution in [3.8, 4) is 0 Å². The van der Waals surface area contributed by atoms with Gasteiger partial charge in [-0.2, -0.15) is 0 Å². The third kappa shape index (κ3) is 2.75. The van der Waals surface area contributed by atoms with Gasteiger partial charge in [-0.15, -0.1) is 0 Å². The summed E-state index contributed by atoms with van der Waals surface area (Å²) in [6, 6.07) is 0.302. The fourth-order valence-electron chi connectivity index (χ4n) is 2.86. The Kier molecular flexibility index (Phi) is 3.95. The second-order valence-corrected chi connectivity index (χ2v) is 6.48. The predicted molar refractivity (Wildman–Crippen MR) is 75.6 cm³/mol. The van der Waals surface area contributed by atoms with E-state index in [4.69, 9.17) is 0 Å². The third-order valence-electron chi connectivity index (χ3n) is 4.85. The fraction of sp³-hybridized carbons (Fsp3) is 0.857. The molecule has 2 aliphatic rings. The second kappa shape index (κ2) is 5.24. The Balaban J connectivity index is 2.02. The number of carbonyl (C=O) groups excluding carboxylic acids is 1. The molecule has 1 saturated carbocycles. The molecule has 3 atom stereocenters. The molecule has 1 aliphatic carbocycles. The lowest BCUT2D eigenvalue weighted by atomic mass is 9.96.